The maximum absolute atomic E-state index is 12.9. The molecule has 1 atom stereocenters. The molecule has 0 aliphatic carbocycles. The summed E-state index contributed by atoms with van der Waals surface area (Å²) in [6.07, 6.45) is 3.28. The molecule has 0 aliphatic rings. The van der Waals surface area contributed by atoms with Gasteiger partial charge in [-0.1, -0.05) is 60.3 Å². The van der Waals surface area contributed by atoms with Crippen molar-refractivity contribution in [3.63, 3.8) is 0 Å². The number of hydrogen-bond donors (Lipinski definition) is 0. The molecule has 2 aromatic heterocycles. The van der Waals surface area contributed by atoms with E-state index in [1.807, 2.05) is 60.7 Å². The summed E-state index contributed by atoms with van der Waals surface area (Å²) in [5.41, 5.74) is 2.58. The Morgan fingerprint density at radius 2 is 1.68 bits per heavy atom. The van der Waals surface area contributed by atoms with Crippen molar-refractivity contribution in [1.82, 2.24) is 24.6 Å². The fourth-order valence-electron chi connectivity index (χ4n) is 2.91. The van der Waals surface area contributed by atoms with Gasteiger partial charge in [-0.05, 0) is 17.7 Å². The van der Waals surface area contributed by atoms with Crippen LogP contribution in [-0.4, -0.2) is 44.7 Å². The van der Waals surface area contributed by atoms with Crippen LogP contribution in [-0.2, 0) is 4.79 Å². The van der Waals surface area contributed by atoms with Gasteiger partial charge in [-0.25, -0.2) is 14.6 Å². The highest BCUT2D eigenvalue weighted by molar-refractivity contribution is 8.00. The van der Waals surface area contributed by atoms with Crippen LogP contribution in [0.2, 0.25) is 0 Å². The number of aromatic nitrogens is 4. The first kappa shape index (κ1) is 18.2. The lowest BCUT2D eigenvalue weighted by molar-refractivity contribution is -0.128. The maximum atomic E-state index is 12.9. The molecule has 0 aliphatic heterocycles. The Balaban J connectivity index is 1.76. The molecule has 0 unspecified atom stereocenters. The van der Waals surface area contributed by atoms with Gasteiger partial charge in [0.2, 0.25) is 5.91 Å². The molecule has 0 spiro atoms. The third kappa shape index (κ3) is 3.48. The van der Waals surface area contributed by atoms with Gasteiger partial charge in [0, 0.05) is 14.1 Å². The number of likely N-dealkylation sites (N-methyl/N-ethyl adjacent to an activating group) is 1. The first-order valence-electron chi connectivity index (χ1n) is 8.82. The Hall–Kier alpha value is -3.19. The number of fused-ring (bicyclic) bond motifs is 1. The number of para-hydroxylation sites is 1. The van der Waals surface area contributed by atoms with Gasteiger partial charge in [0.25, 0.3) is 0 Å². The Morgan fingerprint density at radius 1 is 1.00 bits per heavy atom. The minimum absolute atomic E-state index is 0.0124. The quantitative estimate of drug-likeness (QED) is 0.384. The van der Waals surface area contributed by atoms with Crippen LogP contribution in [0.5, 0.6) is 0 Å². The minimum atomic E-state index is -0.394. The topological polar surface area (TPSA) is 63.9 Å². The van der Waals surface area contributed by atoms with E-state index in [9.17, 15) is 4.79 Å². The maximum Gasteiger partial charge on any atom is 0.240 e. The van der Waals surface area contributed by atoms with Crippen molar-refractivity contribution in [1.29, 1.82) is 0 Å². The SMILES string of the molecule is CN(C)C(=O)[C@H](Sc1ncnc2c1cnn2-c1ccccc1)c1ccccc1. The molecule has 0 saturated carbocycles. The van der Waals surface area contributed by atoms with E-state index in [0.29, 0.717) is 5.65 Å². The zero-order valence-electron chi connectivity index (χ0n) is 15.6. The van der Waals surface area contributed by atoms with E-state index in [0.717, 1.165) is 21.7 Å². The average molecular weight is 389 g/mol. The number of benzene rings is 2. The summed E-state index contributed by atoms with van der Waals surface area (Å²) in [4.78, 5) is 23.3. The summed E-state index contributed by atoms with van der Waals surface area (Å²) in [7, 11) is 3.53. The van der Waals surface area contributed by atoms with Crippen LogP contribution in [0.3, 0.4) is 0 Å². The summed E-state index contributed by atoms with van der Waals surface area (Å²) >= 11 is 1.42. The average Bonchev–Trinajstić information content (AvgIpc) is 3.17. The van der Waals surface area contributed by atoms with Gasteiger partial charge in [-0.3, -0.25) is 4.79 Å². The van der Waals surface area contributed by atoms with Crippen molar-refractivity contribution in [3.05, 3.63) is 78.8 Å². The third-order valence-electron chi connectivity index (χ3n) is 4.33. The molecule has 0 radical (unpaired) electrons. The van der Waals surface area contributed by atoms with Crippen molar-refractivity contribution < 1.29 is 4.79 Å². The van der Waals surface area contributed by atoms with Crippen LogP contribution in [0, 0.1) is 0 Å². The van der Waals surface area contributed by atoms with Crippen molar-refractivity contribution in [2.24, 2.45) is 0 Å². The zero-order chi connectivity index (χ0) is 19.5. The van der Waals surface area contributed by atoms with Crippen molar-refractivity contribution in [3.8, 4) is 5.69 Å². The number of amides is 1. The Morgan fingerprint density at radius 3 is 2.36 bits per heavy atom. The molecule has 0 fully saturated rings. The minimum Gasteiger partial charge on any atom is -0.348 e. The molecule has 140 valence electrons. The van der Waals surface area contributed by atoms with Crippen LogP contribution in [0.15, 0.2) is 78.2 Å². The van der Waals surface area contributed by atoms with E-state index in [1.54, 1.807) is 29.9 Å². The third-order valence-corrected chi connectivity index (χ3v) is 5.58. The van der Waals surface area contributed by atoms with E-state index in [1.165, 1.54) is 18.1 Å². The van der Waals surface area contributed by atoms with Crippen LogP contribution in [0.1, 0.15) is 10.8 Å². The van der Waals surface area contributed by atoms with Crippen molar-refractivity contribution in [2.75, 3.05) is 14.1 Å². The predicted molar refractivity (Wildman–Crippen MR) is 110 cm³/mol. The number of thioether (sulfide) groups is 1. The van der Waals surface area contributed by atoms with Gasteiger partial charge in [0.05, 0.1) is 17.3 Å². The standard InChI is InChI=1S/C21H19N5OS/c1-25(2)21(27)18(15-9-5-3-6-10-15)28-20-17-13-24-26(19(17)22-14-23-20)16-11-7-4-8-12-16/h3-14,18H,1-2H3/t18-/m1/s1. The zero-order valence-corrected chi connectivity index (χ0v) is 16.4. The Labute approximate surface area is 167 Å². The molecular weight excluding hydrogens is 370 g/mol. The monoisotopic (exact) mass is 389 g/mol. The summed E-state index contributed by atoms with van der Waals surface area (Å²) in [5, 5.41) is 5.65. The smallest absolute Gasteiger partial charge is 0.240 e. The first-order chi connectivity index (χ1) is 13.6. The Bertz CT molecular complexity index is 1100. The van der Waals surface area contributed by atoms with Crippen LogP contribution >= 0.6 is 11.8 Å². The van der Waals surface area contributed by atoms with Gasteiger partial charge in [-0.15, -0.1) is 0 Å². The van der Waals surface area contributed by atoms with E-state index >= 15 is 0 Å². The van der Waals surface area contributed by atoms with Crippen molar-refractivity contribution in [2.45, 2.75) is 10.3 Å². The van der Waals surface area contributed by atoms with E-state index in [-0.39, 0.29) is 5.91 Å². The normalized spacial score (nSPS) is 12.1. The molecule has 2 heterocycles. The number of carbonyl (C=O) groups is 1. The molecular formula is C21H19N5OS. The molecule has 0 saturated heterocycles. The largest absolute Gasteiger partial charge is 0.348 e. The van der Waals surface area contributed by atoms with E-state index in [2.05, 4.69) is 15.1 Å². The Kier molecular flexibility index (Phi) is 5.08. The first-order valence-corrected chi connectivity index (χ1v) is 9.70. The van der Waals surface area contributed by atoms with Gasteiger partial charge in [0.1, 0.15) is 16.6 Å². The molecule has 1 amide bonds. The van der Waals surface area contributed by atoms with Gasteiger partial charge < -0.3 is 4.90 Å². The lowest BCUT2D eigenvalue weighted by Crippen LogP contribution is -2.26. The molecule has 6 nitrogen and oxygen atoms in total. The number of hydrogen-bond acceptors (Lipinski definition) is 5. The highest BCUT2D eigenvalue weighted by Crippen LogP contribution is 2.38. The number of carbonyl (C=O) groups excluding carboxylic acids is 1. The fourth-order valence-corrected chi connectivity index (χ4v) is 4.12. The molecule has 0 N–H and O–H groups in total. The lowest BCUT2D eigenvalue weighted by Gasteiger charge is -2.20. The van der Waals surface area contributed by atoms with Crippen LogP contribution in [0.25, 0.3) is 16.7 Å². The van der Waals surface area contributed by atoms with Gasteiger partial charge >= 0.3 is 0 Å². The van der Waals surface area contributed by atoms with Crippen molar-refractivity contribution >= 4 is 28.7 Å². The van der Waals surface area contributed by atoms with Crippen LogP contribution in [0.4, 0.5) is 0 Å². The van der Waals surface area contributed by atoms with Gasteiger partial charge in [-0.2, -0.15) is 5.10 Å². The predicted octanol–water partition coefficient (Wildman–Crippen LogP) is 3.74. The highest BCUT2D eigenvalue weighted by atomic mass is 32.2. The molecule has 7 heteroatoms. The van der Waals surface area contributed by atoms with Crippen LogP contribution < -0.4 is 0 Å². The molecule has 2 aromatic carbocycles. The summed E-state index contributed by atoms with van der Waals surface area (Å²) < 4.78 is 1.78. The number of nitrogens with zero attached hydrogens (tertiary/aromatic N) is 5. The second-order valence-electron chi connectivity index (χ2n) is 6.45. The second-order valence-corrected chi connectivity index (χ2v) is 7.54. The molecule has 4 aromatic rings. The highest BCUT2D eigenvalue weighted by Gasteiger charge is 2.25. The van der Waals surface area contributed by atoms with E-state index < -0.39 is 5.25 Å². The second kappa shape index (κ2) is 7.82. The summed E-state index contributed by atoms with van der Waals surface area (Å²) in [6, 6.07) is 19.6. The number of rotatable bonds is 5. The summed E-state index contributed by atoms with van der Waals surface area (Å²) in [6.45, 7) is 0. The summed E-state index contributed by atoms with van der Waals surface area (Å²) in [5.74, 6) is 0.0124. The molecule has 28 heavy (non-hydrogen) atoms. The molecule has 0 bridgehead atoms. The van der Waals surface area contributed by atoms with E-state index in [4.69, 9.17) is 0 Å². The van der Waals surface area contributed by atoms with Gasteiger partial charge in [0.15, 0.2) is 5.65 Å². The fraction of sp³-hybridized carbons (Fsp3) is 0.143. The molecule has 4 rings (SSSR count). The lowest BCUT2D eigenvalue weighted by atomic mass is 10.1.